The number of halogens is 1. The van der Waals surface area contributed by atoms with Gasteiger partial charge in [-0.2, -0.15) is 0 Å². The molecule has 1 aromatic carbocycles. The molecular weight excluding hydrogens is 354 g/mol. The van der Waals surface area contributed by atoms with Crippen molar-refractivity contribution in [2.45, 2.75) is 4.90 Å². The zero-order valence-electron chi connectivity index (χ0n) is 10.1. The smallest absolute Gasteiger partial charge is 0.335 e. The molecule has 20 heavy (non-hydrogen) atoms. The maximum Gasteiger partial charge on any atom is 0.335 e. The first kappa shape index (κ1) is 16.4. The third-order valence-electron chi connectivity index (χ3n) is 2.18. The maximum atomic E-state index is 12.0. The molecule has 0 atom stereocenters. The Morgan fingerprint density at radius 3 is 2.50 bits per heavy atom. The van der Waals surface area contributed by atoms with E-state index in [0.717, 1.165) is 6.07 Å². The number of carboxylic acids is 1. The summed E-state index contributed by atoms with van der Waals surface area (Å²) in [5.41, 5.74) is 4.68. The van der Waals surface area contributed by atoms with Gasteiger partial charge in [-0.25, -0.2) is 22.7 Å². The molecule has 0 aromatic heterocycles. The molecule has 0 aliphatic rings. The third-order valence-corrected chi connectivity index (χ3v) is 4.64. The number of primary amides is 1. The van der Waals surface area contributed by atoms with E-state index >= 15 is 0 Å². The Morgan fingerprint density at radius 2 is 1.95 bits per heavy atom. The molecule has 0 aliphatic heterocycles. The fourth-order valence-electron chi connectivity index (χ4n) is 1.29. The van der Waals surface area contributed by atoms with Gasteiger partial charge in [0, 0.05) is 17.6 Å². The van der Waals surface area contributed by atoms with Crippen molar-refractivity contribution >= 4 is 38.0 Å². The van der Waals surface area contributed by atoms with Crippen LogP contribution in [-0.2, 0) is 10.0 Å². The van der Waals surface area contributed by atoms with Crippen LogP contribution in [0.25, 0.3) is 0 Å². The predicted octanol–water partition coefficient (Wildman–Crippen LogP) is 0.0939. The average Bonchev–Trinajstić information content (AvgIpc) is 2.34. The minimum Gasteiger partial charge on any atom is -0.478 e. The highest BCUT2D eigenvalue weighted by atomic mass is 79.9. The van der Waals surface area contributed by atoms with E-state index in [1.807, 2.05) is 0 Å². The first-order valence-corrected chi connectivity index (χ1v) is 7.57. The van der Waals surface area contributed by atoms with Crippen molar-refractivity contribution in [3.63, 3.8) is 0 Å². The van der Waals surface area contributed by atoms with Gasteiger partial charge in [-0.05, 0) is 34.1 Å². The summed E-state index contributed by atoms with van der Waals surface area (Å²) in [6.07, 6.45) is 0. The minimum atomic E-state index is -3.90. The summed E-state index contributed by atoms with van der Waals surface area (Å²) in [5, 5.41) is 11.1. The van der Waals surface area contributed by atoms with Crippen LogP contribution in [0.1, 0.15) is 10.4 Å². The number of carbonyl (C=O) groups is 2. The summed E-state index contributed by atoms with van der Waals surface area (Å²) in [7, 11) is -3.90. The summed E-state index contributed by atoms with van der Waals surface area (Å²) in [5.74, 6) is -1.23. The van der Waals surface area contributed by atoms with Crippen LogP contribution >= 0.6 is 15.9 Å². The van der Waals surface area contributed by atoms with Crippen molar-refractivity contribution in [1.82, 2.24) is 10.0 Å². The van der Waals surface area contributed by atoms with Crippen LogP contribution in [0.2, 0.25) is 0 Å². The Hall–Kier alpha value is -1.65. The van der Waals surface area contributed by atoms with Crippen LogP contribution in [0.15, 0.2) is 27.6 Å². The van der Waals surface area contributed by atoms with Crippen LogP contribution in [0.3, 0.4) is 0 Å². The number of benzene rings is 1. The molecule has 1 aromatic rings. The van der Waals surface area contributed by atoms with Crippen molar-refractivity contribution in [1.29, 1.82) is 0 Å². The Labute approximate surface area is 123 Å². The monoisotopic (exact) mass is 365 g/mol. The second kappa shape index (κ2) is 6.68. The standard InChI is InChI=1S/C10H12BrN3O5S/c11-7-2-1-6(9(15)16)5-8(7)20(18,19)14-4-3-13-10(12)17/h1-2,5,14H,3-4H2,(H,15,16)(H3,12,13,17). The van der Waals surface area contributed by atoms with Gasteiger partial charge >= 0.3 is 12.0 Å². The first-order valence-electron chi connectivity index (χ1n) is 5.30. The average molecular weight is 366 g/mol. The Kier molecular flexibility index (Phi) is 5.48. The molecule has 1 rings (SSSR count). The molecule has 2 amide bonds. The fourth-order valence-corrected chi connectivity index (χ4v) is 3.31. The molecule has 0 unspecified atom stereocenters. The largest absolute Gasteiger partial charge is 0.478 e. The normalized spacial score (nSPS) is 11.1. The van der Waals surface area contributed by atoms with E-state index < -0.39 is 22.0 Å². The lowest BCUT2D eigenvalue weighted by Gasteiger charge is -2.09. The summed E-state index contributed by atoms with van der Waals surface area (Å²) in [6, 6.07) is 2.88. The highest BCUT2D eigenvalue weighted by Gasteiger charge is 2.19. The molecule has 0 radical (unpaired) electrons. The zero-order chi connectivity index (χ0) is 15.3. The highest BCUT2D eigenvalue weighted by molar-refractivity contribution is 9.10. The molecule has 0 heterocycles. The summed E-state index contributed by atoms with van der Waals surface area (Å²) < 4.78 is 26.4. The molecule has 0 spiro atoms. The molecule has 0 bridgehead atoms. The number of hydrogen-bond donors (Lipinski definition) is 4. The number of urea groups is 1. The number of hydrogen-bond acceptors (Lipinski definition) is 4. The van der Waals surface area contributed by atoms with Gasteiger partial charge in [0.2, 0.25) is 10.0 Å². The van der Waals surface area contributed by atoms with Crippen LogP contribution in [0, 0.1) is 0 Å². The van der Waals surface area contributed by atoms with Gasteiger partial charge in [0.15, 0.2) is 0 Å². The molecule has 8 nitrogen and oxygen atoms in total. The van der Waals surface area contributed by atoms with E-state index in [1.54, 1.807) is 0 Å². The summed E-state index contributed by atoms with van der Waals surface area (Å²) in [6.45, 7) is -0.0557. The van der Waals surface area contributed by atoms with Crippen molar-refractivity contribution in [3.8, 4) is 0 Å². The van der Waals surface area contributed by atoms with E-state index in [-0.39, 0.29) is 28.0 Å². The highest BCUT2D eigenvalue weighted by Crippen LogP contribution is 2.23. The van der Waals surface area contributed by atoms with E-state index in [9.17, 15) is 18.0 Å². The maximum absolute atomic E-state index is 12.0. The Morgan fingerprint density at radius 1 is 1.30 bits per heavy atom. The van der Waals surface area contributed by atoms with Gasteiger partial charge in [-0.15, -0.1) is 0 Å². The molecule has 0 aliphatic carbocycles. The topological polar surface area (TPSA) is 139 Å². The van der Waals surface area contributed by atoms with Gasteiger partial charge in [0.1, 0.15) is 0 Å². The van der Waals surface area contributed by atoms with E-state index in [4.69, 9.17) is 10.8 Å². The summed E-state index contributed by atoms with van der Waals surface area (Å²) in [4.78, 5) is 21.1. The van der Waals surface area contributed by atoms with E-state index in [1.165, 1.54) is 12.1 Å². The van der Waals surface area contributed by atoms with Crippen molar-refractivity contribution < 1.29 is 23.1 Å². The lowest BCUT2D eigenvalue weighted by atomic mass is 10.2. The molecule has 5 N–H and O–H groups in total. The third kappa shape index (κ3) is 4.47. The van der Waals surface area contributed by atoms with Crippen LogP contribution in [0.5, 0.6) is 0 Å². The lowest BCUT2D eigenvalue weighted by Crippen LogP contribution is -2.37. The molecule has 0 fully saturated rings. The Balaban J connectivity index is 2.89. The number of nitrogens with two attached hydrogens (primary N) is 1. The van der Waals surface area contributed by atoms with Gasteiger partial charge in [-0.3, -0.25) is 0 Å². The number of sulfonamides is 1. The molecular formula is C10H12BrN3O5S. The van der Waals surface area contributed by atoms with Gasteiger partial charge in [-0.1, -0.05) is 0 Å². The number of nitrogens with one attached hydrogen (secondary N) is 2. The van der Waals surface area contributed by atoms with E-state index in [2.05, 4.69) is 26.0 Å². The zero-order valence-corrected chi connectivity index (χ0v) is 12.5. The minimum absolute atomic E-state index is 0.0187. The van der Waals surface area contributed by atoms with Crippen LogP contribution < -0.4 is 15.8 Å². The number of rotatable bonds is 6. The Bertz CT molecular complexity index is 632. The van der Waals surface area contributed by atoms with Gasteiger partial charge in [0.05, 0.1) is 10.5 Å². The van der Waals surface area contributed by atoms with Crippen molar-refractivity contribution in [2.75, 3.05) is 13.1 Å². The van der Waals surface area contributed by atoms with Crippen molar-refractivity contribution in [2.24, 2.45) is 5.73 Å². The second-order valence-electron chi connectivity index (χ2n) is 3.64. The number of aromatic carboxylic acids is 1. The summed E-state index contributed by atoms with van der Waals surface area (Å²) >= 11 is 3.05. The SMILES string of the molecule is NC(=O)NCCNS(=O)(=O)c1cc(C(=O)O)ccc1Br. The fraction of sp³-hybridized carbons (Fsp3) is 0.200. The number of carboxylic acid groups (broad SMARTS) is 1. The van der Waals surface area contributed by atoms with Crippen molar-refractivity contribution in [3.05, 3.63) is 28.2 Å². The lowest BCUT2D eigenvalue weighted by molar-refractivity contribution is 0.0696. The number of carbonyl (C=O) groups excluding carboxylic acids is 1. The predicted molar refractivity (Wildman–Crippen MR) is 73.9 cm³/mol. The second-order valence-corrected chi connectivity index (χ2v) is 6.23. The van der Waals surface area contributed by atoms with Crippen LogP contribution in [0.4, 0.5) is 4.79 Å². The quantitative estimate of drug-likeness (QED) is 0.529. The van der Waals surface area contributed by atoms with E-state index in [0.29, 0.717) is 0 Å². The van der Waals surface area contributed by atoms with Crippen LogP contribution in [-0.4, -0.2) is 38.6 Å². The molecule has 110 valence electrons. The molecule has 0 saturated heterocycles. The molecule has 0 saturated carbocycles. The van der Waals surface area contributed by atoms with Gasteiger partial charge < -0.3 is 16.2 Å². The van der Waals surface area contributed by atoms with Gasteiger partial charge in [0.25, 0.3) is 0 Å². The number of amides is 2. The first-order chi connectivity index (χ1) is 9.24. The molecule has 10 heteroatoms.